The van der Waals surface area contributed by atoms with Crippen molar-refractivity contribution in [2.75, 3.05) is 0 Å². The zero-order valence-electron chi connectivity index (χ0n) is 10.9. The van der Waals surface area contributed by atoms with Crippen molar-refractivity contribution < 1.29 is 0 Å². The van der Waals surface area contributed by atoms with E-state index in [0.717, 1.165) is 30.6 Å². The van der Waals surface area contributed by atoms with E-state index in [0.29, 0.717) is 6.04 Å². The molecule has 1 atom stereocenters. The molecule has 0 saturated carbocycles. The maximum Gasteiger partial charge on any atom is 0.106 e. The number of fused-ring (bicyclic) bond motifs is 1. The van der Waals surface area contributed by atoms with Crippen LogP contribution in [0.3, 0.4) is 0 Å². The van der Waals surface area contributed by atoms with E-state index in [1.807, 2.05) is 6.92 Å². The van der Waals surface area contributed by atoms with E-state index >= 15 is 0 Å². The van der Waals surface area contributed by atoms with E-state index in [1.54, 1.807) is 0 Å². The minimum absolute atomic E-state index is 0.302. The van der Waals surface area contributed by atoms with Crippen molar-refractivity contribution >= 4 is 11.0 Å². The summed E-state index contributed by atoms with van der Waals surface area (Å²) in [5.41, 5.74) is 9.42. The van der Waals surface area contributed by atoms with Gasteiger partial charge in [0.25, 0.3) is 0 Å². The molecule has 0 aliphatic carbocycles. The third-order valence-corrected chi connectivity index (χ3v) is 3.29. The Balaban J connectivity index is 2.15. The second-order valence-corrected chi connectivity index (χ2v) is 4.91. The molecule has 0 amide bonds. The Hall–Kier alpha value is -1.35. The lowest BCUT2D eigenvalue weighted by Crippen LogP contribution is -2.14. The van der Waals surface area contributed by atoms with Crippen LogP contribution in [0, 0.1) is 6.92 Å². The van der Waals surface area contributed by atoms with Crippen LogP contribution in [0.2, 0.25) is 0 Å². The number of hydrogen-bond donors (Lipinski definition) is 1. The second kappa shape index (κ2) is 4.88. The van der Waals surface area contributed by atoms with E-state index in [1.165, 1.54) is 11.1 Å². The molecule has 1 aromatic carbocycles. The third-order valence-electron chi connectivity index (χ3n) is 3.29. The van der Waals surface area contributed by atoms with Crippen LogP contribution in [0.25, 0.3) is 11.0 Å². The molecule has 2 N–H and O–H groups in total. The molecule has 0 fully saturated rings. The van der Waals surface area contributed by atoms with Crippen LogP contribution in [0.4, 0.5) is 0 Å². The summed E-state index contributed by atoms with van der Waals surface area (Å²) >= 11 is 0. The molecular formula is C14H21N3. The van der Waals surface area contributed by atoms with Gasteiger partial charge in [-0.2, -0.15) is 0 Å². The monoisotopic (exact) mass is 231 g/mol. The van der Waals surface area contributed by atoms with Crippen molar-refractivity contribution in [2.45, 2.75) is 39.2 Å². The van der Waals surface area contributed by atoms with Crippen LogP contribution in [-0.2, 0) is 13.5 Å². The maximum absolute atomic E-state index is 5.75. The fraction of sp³-hybridized carbons (Fsp3) is 0.500. The Morgan fingerprint density at radius 3 is 2.88 bits per heavy atom. The summed E-state index contributed by atoms with van der Waals surface area (Å²) in [5.74, 6) is 1.06. The molecule has 0 aliphatic heterocycles. The first kappa shape index (κ1) is 12.1. The summed E-state index contributed by atoms with van der Waals surface area (Å²) in [7, 11) is 2.06. The standard InChI is InChI=1S/C14H21N3/c1-10(15)5-4-6-12-7-8-14-13(9-12)16-11(2)17(14)3/h7-10H,4-6,15H2,1-3H3. The molecule has 3 nitrogen and oxygen atoms in total. The molecule has 17 heavy (non-hydrogen) atoms. The van der Waals surface area contributed by atoms with Gasteiger partial charge in [-0.05, 0) is 50.8 Å². The highest BCUT2D eigenvalue weighted by atomic mass is 15.0. The fourth-order valence-electron chi connectivity index (χ4n) is 2.15. The molecule has 1 aromatic heterocycles. The van der Waals surface area contributed by atoms with Crippen LogP contribution in [0.1, 0.15) is 31.2 Å². The lowest BCUT2D eigenvalue weighted by atomic mass is 10.1. The maximum atomic E-state index is 5.75. The molecule has 2 rings (SSSR count). The average Bonchev–Trinajstić information content (AvgIpc) is 2.54. The van der Waals surface area contributed by atoms with Gasteiger partial charge in [-0.15, -0.1) is 0 Å². The Labute approximate surface area is 103 Å². The number of aryl methyl sites for hydroxylation is 3. The van der Waals surface area contributed by atoms with Crippen molar-refractivity contribution in [3.63, 3.8) is 0 Å². The lowest BCUT2D eigenvalue weighted by molar-refractivity contribution is 0.624. The Morgan fingerprint density at radius 2 is 2.18 bits per heavy atom. The molecule has 0 bridgehead atoms. The van der Waals surface area contributed by atoms with Crippen LogP contribution < -0.4 is 5.73 Å². The quantitative estimate of drug-likeness (QED) is 0.878. The number of hydrogen-bond acceptors (Lipinski definition) is 2. The predicted octanol–water partition coefficient (Wildman–Crippen LogP) is 2.55. The summed E-state index contributed by atoms with van der Waals surface area (Å²) in [4.78, 5) is 4.55. The van der Waals surface area contributed by atoms with Crippen LogP contribution in [0.15, 0.2) is 18.2 Å². The SMILES string of the molecule is Cc1nc2cc(CCCC(C)N)ccc2n1C. The van der Waals surface area contributed by atoms with Crippen molar-refractivity contribution in [1.29, 1.82) is 0 Å². The van der Waals surface area contributed by atoms with Gasteiger partial charge in [-0.1, -0.05) is 6.07 Å². The summed E-state index contributed by atoms with van der Waals surface area (Å²) < 4.78 is 2.13. The molecule has 1 unspecified atom stereocenters. The first-order chi connectivity index (χ1) is 8.08. The minimum atomic E-state index is 0.302. The number of nitrogens with zero attached hydrogens (tertiary/aromatic N) is 2. The smallest absolute Gasteiger partial charge is 0.106 e. The number of imidazole rings is 1. The van der Waals surface area contributed by atoms with Gasteiger partial charge in [0.05, 0.1) is 11.0 Å². The number of nitrogens with two attached hydrogens (primary N) is 1. The van der Waals surface area contributed by atoms with Crippen LogP contribution in [0.5, 0.6) is 0 Å². The summed E-state index contributed by atoms with van der Waals surface area (Å²) in [6.45, 7) is 4.10. The molecule has 0 saturated heterocycles. The highest BCUT2D eigenvalue weighted by Crippen LogP contribution is 2.17. The first-order valence-corrected chi connectivity index (χ1v) is 6.25. The minimum Gasteiger partial charge on any atom is -0.331 e. The van der Waals surface area contributed by atoms with Gasteiger partial charge in [-0.3, -0.25) is 0 Å². The van der Waals surface area contributed by atoms with Gasteiger partial charge in [0.2, 0.25) is 0 Å². The van der Waals surface area contributed by atoms with E-state index in [2.05, 4.69) is 41.7 Å². The Morgan fingerprint density at radius 1 is 1.41 bits per heavy atom. The van der Waals surface area contributed by atoms with Crippen molar-refractivity contribution in [3.8, 4) is 0 Å². The number of benzene rings is 1. The van der Waals surface area contributed by atoms with E-state index < -0.39 is 0 Å². The van der Waals surface area contributed by atoms with Gasteiger partial charge < -0.3 is 10.3 Å². The summed E-state index contributed by atoms with van der Waals surface area (Å²) in [6.07, 6.45) is 3.32. The largest absolute Gasteiger partial charge is 0.331 e. The van der Waals surface area contributed by atoms with E-state index in [-0.39, 0.29) is 0 Å². The second-order valence-electron chi connectivity index (χ2n) is 4.91. The van der Waals surface area contributed by atoms with Gasteiger partial charge in [0, 0.05) is 13.1 Å². The lowest BCUT2D eigenvalue weighted by Gasteiger charge is -2.05. The predicted molar refractivity (Wildman–Crippen MR) is 72.0 cm³/mol. The van der Waals surface area contributed by atoms with E-state index in [4.69, 9.17) is 5.73 Å². The molecule has 0 aliphatic rings. The molecular weight excluding hydrogens is 210 g/mol. The molecule has 92 valence electrons. The molecule has 1 heterocycles. The third kappa shape index (κ3) is 2.67. The average molecular weight is 231 g/mol. The van der Waals surface area contributed by atoms with Crippen molar-refractivity contribution in [2.24, 2.45) is 12.8 Å². The zero-order chi connectivity index (χ0) is 12.4. The molecule has 3 heteroatoms. The number of rotatable bonds is 4. The summed E-state index contributed by atoms with van der Waals surface area (Å²) in [6, 6.07) is 6.86. The Kier molecular flexibility index (Phi) is 3.48. The van der Waals surface area contributed by atoms with Crippen molar-refractivity contribution in [1.82, 2.24) is 9.55 Å². The summed E-state index contributed by atoms with van der Waals surface area (Å²) in [5, 5.41) is 0. The van der Waals surface area contributed by atoms with Crippen LogP contribution in [-0.4, -0.2) is 15.6 Å². The normalized spacial score (nSPS) is 13.2. The van der Waals surface area contributed by atoms with E-state index in [9.17, 15) is 0 Å². The Bertz CT molecular complexity index is 511. The van der Waals surface area contributed by atoms with Crippen molar-refractivity contribution in [3.05, 3.63) is 29.6 Å². The highest BCUT2D eigenvalue weighted by molar-refractivity contribution is 5.76. The topological polar surface area (TPSA) is 43.8 Å². The van der Waals surface area contributed by atoms with Gasteiger partial charge >= 0.3 is 0 Å². The zero-order valence-corrected chi connectivity index (χ0v) is 10.9. The van der Waals surface area contributed by atoms with Gasteiger partial charge in [0.15, 0.2) is 0 Å². The first-order valence-electron chi connectivity index (χ1n) is 6.25. The van der Waals surface area contributed by atoms with Gasteiger partial charge in [0.1, 0.15) is 5.82 Å². The molecule has 0 spiro atoms. The highest BCUT2D eigenvalue weighted by Gasteiger charge is 2.04. The molecule has 0 radical (unpaired) electrons. The van der Waals surface area contributed by atoms with Crippen LogP contribution >= 0.6 is 0 Å². The fourth-order valence-corrected chi connectivity index (χ4v) is 2.15. The van der Waals surface area contributed by atoms with Gasteiger partial charge in [-0.25, -0.2) is 4.98 Å². The number of aromatic nitrogens is 2. The molecule has 2 aromatic rings.